The number of aryl methyl sites for hydroxylation is 2. The van der Waals surface area contributed by atoms with E-state index in [4.69, 9.17) is 0 Å². The molecule has 6 nitrogen and oxygen atoms in total. The van der Waals surface area contributed by atoms with E-state index in [0.29, 0.717) is 4.88 Å². The van der Waals surface area contributed by atoms with Crippen molar-refractivity contribution < 1.29 is 14.3 Å². The summed E-state index contributed by atoms with van der Waals surface area (Å²) in [5.74, 6) is -0.0269. The molecule has 0 saturated heterocycles. The number of methoxy groups -OCH3 is 1. The first-order valence-corrected chi connectivity index (χ1v) is 8.10. The molecule has 0 radical (unpaired) electrons. The maximum Gasteiger partial charge on any atom is 0.325 e. The zero-order chi connectivity index (χ0) is 17.4. The van der Waals surface area contributed by atoms with E-state index in [1.165, 1.54) is 18.4 Å². The number of carbonyl (C=O) groups excluding carboxylic acids is 2. The van der Waals surface area contributed by atoms with Gasteiger partial charge in [-0.05, 0) is 19.4 Å². The first-order valence-electron chi connectivity index (χ1n) is 7.28. The van der Waals surface area contributed by atoms with Crippen molar-refractivity contribution in [3.8, 4) is 0 Å². The van der Waals surface area contributed by atoms with Crippen LogP contribution in [0.3, 0.4) is 0 Å². The molecular formula is C16H21N3O3S. The van der Waals surface area contributed by atoms with Crippen LogP contribution in [0.2, 0.25) is 0 Å². The van der Waals surface area contributed by atoms with Gasteiger partial charge in [0.05, 0.1) is 17.7 Å². The van der Waals surface area contributed by atoms with Crippen LogP contribution in [0.4, 0.5) is 0 Å². The number of thiophene rings is 1. The average Bonchev–Trinajstić information content (AvgIpc) is 2.81. The standard InChI is InChI=1S/C16H21N3O3S/c1-8-11-9(2)18-15(16(3,4)5)19-14(11)23-12(8)13(21)17-7-10(20)22-6/h7H2,1-6H3,(H,17,21). The Labute approximate surface area is 139 Å². The summed E-state index contributed by atoms with van der Waals surface area (Å²) in [6.07, 6.45) is 0. The lowest BCUT2D eigenvalue weighted by molar-refractivity contribution is -0.139. The predicted molar refractivity (Wildman–Crippen MR) is 89.9 cm³/mol. The van der Waals surface area contributed by atoms with Crippen molar-refractivity contribution in [2.75, 3.05) is 13.7 Å². The van der Waals surface area contributed by atoms with Crippen LogP contribution < -0.4 is 5.32 Å². The Hall–Kier alpha value is -2.02. The highest BCUT2D eigenvalue weighted by Crippen LogP contribution is 2.33. The van der Waals surface area contributed by atoms with E-state index < -0.39 is 5.97 Å². The normalized spacial score (nSPS) is 11.6. The Bertz CT molecular complexity index is 775. The van der Waals surface area contributed by atoms with E-state index >= 15 is 0 Å². The quantitative estimate of drug-likeness (QED) is 0.872. The minimum atomic E-state index is -0.483. The fourth-order valence-corrected chi connectivity index (χ4v) is 3.34. The van der Waals surface area contributed by atoms with Gasteiger partial charge in [-0.3, -0.25) is 9.59 Å². The Morgan fingerprint density at radius 3 is 2.43 bits per heavy atom. The molecule has 0 aromatic carbocycles. The average molecular weight is 335 g/mol. The van der Waals surface area contributed by atoms with Gasteiger partial charge < -0.3 is 10.1 Å². The van der Waals surface area contributed by atoms with Gasteiger partial charge in [0, 0.05) is 10.8 Å². The summed E-state index contributed by atoms with van der Waals surface area (Å²) in [5, 5.41) is 3.47. The van der Waals surface area contributed by atoms with Crippen LogP contribution in [0.1, 0.15) is 47.5 Å². The van der Waals surface area contributed by atoms with Gasteiger partial charge in [0.1, 0.15) is 17.2 Å². The summed E-state index contributed by atoms with van der Waals surface area (Å²) < 4.78 is 4.53. The number of nitrogens with zero attached hydrogens (tertiary/aromatic N) is 2. The minimum Gasteiger partial charge on any atom is -0.468 e. The number of hydrogen-bond acceptors (Lipinski definition) is 6. The predicted octanol–water partition coefficient (Wildman–Crippen LogP) is 2.51. The first-order chi connectivity index (χ1) is 10.6. The van der Waals surface area contributed by atoms with Crippen molar-refractivity contribution >= 4 is 33.4 Å². The summed E-state index contributed by atoms with van der Waals surface area (Å²) >= 11 is 1.32. The minimum absolute atomic E-state index is 0.152. The Morgan fingerprint density at radius 1 is 1.22 bits per heavy atom. The monoisotopic (exact) mass is 335 g/mol. The number of hydrogen-bond donors (Lipinski definition) is 1. The molecule has 0 atom stereocenters. The molecule has 2 aromatic rings. The highest BCUT2D eigenvalue weighted by molar-refractivity contribution is 7.20. The second-order valence-corrected chi connectivity index (χ2v) is 7.38. The molecule has 0 bridgehead atoms. The van der Waals surface area contributed by atoms with Crippen LogP contribution in [0.15, 0.2) is 0 Å². The van der Waals surface area contributed by atoms with E-state index in [9.17, 15) is 9.59 Å². The highest BCUT2D eigenvalue weighted by Gasteiger charge is 2.23. The van der Waals surface area contributed by atoms with Gasteiger partial charge in [0.25, 0.3) is 5.91 Å². The first kappa shape index (κ1) is 17.3. The maximum atomic E-state index is 12.3. The second kappa shape index (κ2) is 6.23. The van der Waals surface area contributed by atoms with E-state index in [-0.39, 0.29) is 17.9 Å². The maximum absolute atomic E-state index is 12.3. The number of esters is 1. The van der Waals surface area contributed by atoms with Gasteiger partial charge in [-0.2, -0.15) is 0 Å². The molecule has 7 heteroatoms. The van der Waals surface area contributed by atoms with E-state index in [2.05, 4.69) is 40.8 Å². The third-order valence-corrected chi connectivity index (χ3v) is 4.65. The van der Waals surface area contributed by atoms with Gasteiger partial charge in [-0.15, -0.1) is 11.3 Å². The van der Waals surface area contributed by atoms with Crippen LogP contribution in [0, 0.1) is 13.8 Å². The molecule has 124 valence electrons. The summed E-state index contributed by atoms with van der Waals surface area (Å²) in [5.41, 5.74) is 1.54. The van der Waals surface area contributed by atoms with E-state index in [0.717, 1.165) is 27.3 Å². The smallest absolute Gasteiger partial charge is 0.325 e. The van der Waals surface area contributed by atoms with Gasteiger partial charge in [-0.1, -0.05) is 20.8 Å². The molecule has 0 aliphatic heterocycles. The molecule has 2 aromatic heterocycles. The topological polar surface area (TPSA) is 81.2 Å². The Morgan fingerprint density at radius 2 is 1.87 bits per heavy atom. The number of fused-ring (bicyclic) bond motifs is 1. The number of carbonyl (C=O) groups is 2. The molecule has 0 saturated carbocycles. The van der Waals surface area contributed by atoms with Crippen molar-refractivity contribution in [2.24, 2.45) is 0 Å². The van der Waals surface area contributed by atoms with Gasteiger partial charge in [-0.25, -0.2) is 9.97 Å². The molecule has 1 amide bonds. The summed E-state index contributed by atoms with van der Waals surface area (Å²) in [7, 11) is 1.28. The fraction of sp³-hybridized carbons (Fsp3) is 0.500. The van der Waals surface area contributed by atoms with Gasteiger partial charge in [0.15, 0.2) is 0 Å². The lowest BCUT2D eigenvalue weighted by Gasteiger charge is -2.16. The number of aromatic nitrogens is 2. The Kier molecular flexibility index (Phi) is 4.70. The van der Waals surface area contributed by atoms with Crippen LogP contribution in [0.5, 0.6) is 0 Å². The zero-order valence-electron chi connectivity index (χ0n) is 14.2. The molecule has 2 heterocycles. The zero-order valence-corrected chi connectivity index (χ0v) is 15.1. The number of rotatable bonds is 3. The second-order valence-electron chi connectivity index (χ2n) is 6.38. The van der Waals surface area contributed by atoms with Gasteiger partial charge >= 0.3 is 5.97 Å². The molecule has 0 fully saturated rings. The molecular weight excluding hydrogens is 314 g/mol. The molecule has 0 aliphatic rings. The van der Waals surface area contributed by atoms with Gasteiger partial charge in [0.2, 0.25) is 0 Å². The molecule has 1 N–H and O–H groups in total. The van der Waals surface area contributed by atoms with Crippen LogP contribution >= 0.6 is 11.3 Å². The van der Waals surface area contributed by atoms with Crippen LogP contribution in [0.25, 0.3) is 10.2 Å². The SMILES string of the molecule is COC(=O)CNC(=O)c1sc2nc(C(C)(C)C)nc(C)c2c1C. The van der Waals surface area contributed by atoms with Crippen molar-refractivity contribution in [3.05, 3.63) is 22.0 Å². The molecule has 0 unspecified atom stereocenters. The van der Waals surface area contributed by atoms with Crippen LogP contribution in [-0.4, -0.2) is 35.5 Å². The van der Waals surface area contributed by atoms with Crippen molar-refractivity contribution in [2.45, 2.75) is 40.0 Å². The summed E-state index contributed by atoms with van der Waals surface area (Å²) in [6.45, 7) is 9.81. The van der Waals surface area contributed by atoms with E-state index in [1.807, 2.05) is 13.8 Å². The number of ether oxygens (including phenoxy) is 1. The number of nitrogens with one attached hydrogen (secondary N) is 1. The summed E-state index contributed by atoms with van der Waals surface area (Å²) in [4.78, 5) is 34.0. The number of amides is 1. The molecule has 0 aliphatic carbocycles. The fourth-order valence-electron chi connectivity index (χ4n) is 2.20. The lowest BCUT2D eigenvalue weighted by atomic mass is 9.95. The Balaban J connectivity index is 2.43. The third-order valence-electron chi connectivity index (χ3n) is 3.47. The summed E-state index contributed by atoms with van der Waals surface area (Å²) in [6, 6.07) is 0. The van der Waals surface area contributed by atoms with E-state index in [1.54, 1.807) is 0 Å². The molecule has 23 heavy (non-hydrogen) atoms. The largest absolute Gasteiger partial charge is 0.468 e. The molecule has 2 rings (SSSR count). The van der Waals surface area contributed by atoms with Crippen molar-refractivity contribution in [1.82, 2.24) is 15.3 Å². The van der Waals surface area contributed by atoms with Crippen molar-refractivity contribution in [1.29, 1.82) is 0 Å². The highest BCUT2D eigenvalue weighted by atomic mass is 32.1. The molecule has 0 spiro atoms. The van der Waals surface area contributed by atoms with Crippen molar-refractivity contribution in [3.63, 3.8) is 0 Å². The third kappa shape index (κ3) is 3.50. The lowest BCUT2D eigenvalue weighted by Crippen LogP contribution is -2.29. The van der Waals surface area contributed by atoms with Crippen LogP contribution in [-0.2, 0) is 14.9 Å².